The maximum absolute atomic E-state index is 2.37. The number of fused-ring (bicyclic) bond motifs is 1. The maximum Gasteiger partial charge on any atom is 0.0481 e. The summed E-state index contributed by atoms with van der Waals surface area (Å²) >= 11 is 0. The second-order valence-corrected chi connectivity index (χ2v) is 4.70. The van der Waals surface area contributed by atoms with Crippen LogP contribution in [0, 0.1) is 0 Å². The largest absolute Gasteiger partial charge is 0.374 e. The monoisotopic (exact) mass is 230 g/mol. The fraction of sp³-hybridized carbons (Fsp3) is 0.467. The van der Waals surface area contributed by atoms with Crippen LogP contribution in [0.15, 0.2) is 24.4 Å². The molecule has 1 aromatic carbocycles. The zero-order chi connectivity index (χ0) is 12.4. The summed E-state index contributed by atoms with van der Waals surface area (Å²) in [5.41, 5.74) is 4.18. The first kappa shape index (κ1) is 12.0. The fourth-order valence-corrected chi connectivity index (χ4v) is 2.59. The van der Waals surface area contributed by atoms with Gasteiger partial charge < -0.3 is 9.47 Å². The molecule has 1 heterocycles. The first-order chi connectivity index (χ1) is 8.19. The van der Waals surface area contributed by atoms with Crippen molar-refractivity contribution in [3.63, 3.8) is 0 Å². The molecule has 0 aliphatic carbocycles. The van der Waals surface area contributed by atoms with Gasteiger partial charge in [-0.3, -0.25) is 0 Å². The minimum atomic E-state index is 1.09. The lowest BCUT2D eigenvalue weighted by molar-refractivity contribution is 0.846. The van der Waals surface area contributed by atoms with Crippen LogP contribution in [0.25, 0.3) is 10.9 Å². The number of benzene rings is 1. The number of rotatable bonds is 4. The molecule has 17 heavy (non-hydrogen) atoms. The Morgan fingerprint density at radius 2 is 1.94 bits per heavy atom. The van der Waals surface area contributed by atoms with E-state index in [1.54, 1.807) is 0 Å². The highest BCUT2D eigenvalue weighted by molar-refractivity contribution is 5.88. The Kier molecular flexibility index (Phi) is 3.41. The molecule has 0 unspecified atom stereocenters. The lowest BCUT2D eigenvalue weighted by Gasteiger charge is -2.22. The summed E-state index contributed by atoms with van der Waals surface area (Å²) in [6.45, 7) is 5.58. The smallest absolute Gasteiger partial charge is 0.0481 e. The van der Waals surface area contributed by atoms with Crippen LogP contribution in [0.4, 0.5) is 5.69 Å². The molecule has 2 nitrogen and oxygen atoms in total. The Morgan fingerprint density at radius 1 is 1.18 bits per heavy atom. The van der Waals surface area contributed by atoms with Gasteiger partial charge in [0.25, 0.3) is 0 Å². The van der Waals surface area contributed by atoms with Crippen molar-refractivity contribution >= 4 is 16.6 Å². The van der Waals surface area contributed by atoms with Crippen LogP contribution in [0.3, 0.4) is 0 Å². The summed E-state index contributed by atoms with van der Waals surface area (Å²) < 4.78 is 2.19. The maximum atomic E-state index is 2.37. The van der Waals surface area contributed by atoms with Gasteiger partial charge in [0.1, 0.15) is 0 Å². The number of hydrogen-bond acceptors (Lipinski definition) is 1. The average Bonchev–Trinajstić information content (AvgIpc) is 2.70. The molecule has 0 atom stereocenters. The van der Waals surface area contributed by atoms with Gasteiger partial charge in [-0.25, -0.2) is 0 Å². The molecule has 0 fully saturated rings. The average molecular weight is 230 g/mol. The first-order valence-corrected chi connectivity index (χ1v) is 6.47. The number of hydrogen-bond donors (Lipinski definition) is 0. The van der Waals surface area contributed by atoms with E-state index in [9.17, 15) is 0 Å². The van der Waals surface area contributed by atoms with E-state index in [-0.39, 0.29) is 0 Å². The van der Waals surface area contributed by atoms with Crippen molar-refractivity contribution in [3.8, 4) is 0 Å². The van der Waals surface area contributed by atoms with Crippen LogP contribution in [0.5, 0.6) is 0 Å². The van der Waals surface area contributed by atoms with Gasteiger partial charge in [0.15, 0.2) is 0 Å². The van der Waals surface area contributed by atoms with Crippen molar-refractivity contribution < 1.29 is 0 Å². The highest BCUT2D eigenvalue weighted by Gasteiger charge is 2.10. The molecule has 92 valence electrons. The highest BCUT2D eigenvalue weighted by atomic mass is 15.1. The lowest BCUT2D eigenvalue weighted by Crippen LogP contribution is -2.19. The molecule has 1 aromatic heterocycles. The predicted molar refractivity (Wildman–Crippen MR) is 75.9 cm³/mol. The van der Waals surface area contributed by atoms with E-state index < -0.39 is 0 Å². The van der Waals surface area contributed by atoms with Crippen molar-refractivity contribution in [1.29, 1.82) is 0 Å². The van der Waals surface area contributed by atoms with E-state index >= 15 is 0 Å². The summed E-state index contributed by atoms with van der Waals surface area (Å²) in [4.78, 5) is 2.37. The second kappa shape index (κ2) is 4.82. The molecule has 0 saturated carbocycles. The number of aromatic nitrogens is 1. The quantitative estimate of drug-likeness (QED) is 0.779. The van der Waals surface area contributed by atoms with Crippen molar-refractivity contribution in [3.05, 3.63) is 30.0 Å². The van der Waals surface area contributed by atoms with Gasteiger partial charge in [-0.05, 0) is 36.6 Å². The second-order valence-electron chi connectivity index (χ2n) is 4.70. The van der Waals surface area contributed by atoms with Crippen LogP contribution in [0.2, 0.25) is 0 Å². The Labute approximate surface area is 104 Å². The number of nitrogens with zero attached hydrogens (tertiary/aromatic N) is 2. The van der Waals surface area contributed by atoms with E-state index in [2.05, 4.69) is 61.8 Å². The van der Waals surface area contributed by atoms with Crippen LogP contribution < -0.4 is 4.90 Å². The normalized spacial score (nSPS) is 11.1. The van der Waals surface area contributed by atoms with Crippen LogP contribution in [0.1, 0.15) is 25.8 Å². The fourth-order valence-electron chi connectivity index (χ4n) is 2.59. The Morgan fingerprint density at radius 3 is 2.59 bits per heavy atom. The van der Waals surface area contributed by atoms with Gasteiger partial charge >= 0.3 is 0 Å². The van der Waals surface area contributed by atoms with Gasteiger partial charge in [0, 0.05) is 43.4 Å². The summed E-state index contributed by atoms with van der Waals surface area (Å²) in [5, 5.41) is 1.40. The van der Waals surface area contributed by atoms with E-state index in [0.717, 1.165) is 13.0 Å². The molecule has 0 aliphatic rings. The molecule has 0 saturated heterocycles. The highest BCUT2D eigenvalue weighted by Crippen LogP contribution is 2.29. The Balaban J connectivity index is 2.56. The summed E-state index contributed by atoms with van der Waals surface area (Å²) in [6, 6.07) is 6.73. The van der Waals surface area contributed by atoms with Crippen molar-refractivity contribution in [2.24, 2.45) is 7.05 Å². The van der Waals surface area contributed by atoms with E-state index in [0.29, 0.717) is 0 Å². The van der Waals surface area contributed by atoms with Gasteiger partial charge in [-0.2, -0.15) is 0 Å². The molecule has 0 bridgehead atoms. The zero-order valence-corrected chi connectivity index (χ0v) is 11.3. The van der Waals surface area contributed by atoms with Gasteiger partial charge in [-0.15, -0.1) is 0 Å². The Bertz CT molecular complexity index is 511. The van der Waals surface area contributed by atoms with Crippen LogP contribution in [-0.2, 0) is 13.5 Å². The molecule has 0 amide bonds. The van der Waals surface area contributed by atoms with Gasteiger partial charge in [0.2, 0.25) is 0 Å². The topological polar surface area (TPSA) is 8.17 Å². The summed E-state index contributed by atoms with van der Waals surface area (Å²) in [7, 11) is 4.30. The molecule has 2 aromatic rings. The molecular formula is C15H22N2. The SMILES string of the molecule is CCCN(C)c1ccc2c(ccn2C)c1CC. The molecular weight excluding hydrogens is 208 g/mol. The summed E-state index contributed by atoms with van der Waals surface area (Å²) in [5.74, 6) is 0. The molecule has 2 heteroatoms. The molecule has 0 spiro atoms. The van der Waals surface area contributed by atoms with Gasteiger partial charge in [-0.1, -0.05) is 13.8 Å². The molecule has 2 rings (SSSR count). The van der Waals surface area contributed by atoms with E-state index in [4.69, 9.17) is 0 Å². The van der Waals surface area contributed by atoms with Crippen molar-refractivity contribution in [1.82, 2.24) is 4.57 Å². The van der Waals surface area contributed by atoms with Crippen molar-refractivity contribution in [2.45, 2.75) is 26.7 Å². The molecule has 0 aliphatic heterocycles. The van der Waals surface area contributed by atoms with Gasteiger partial charge in [0.05, 0.1) is 0 Å². The molecule has 0 N–H and O–H groups in total. The van der Waals surface area contributed by atoms with E-state index in [1.807, 2.05) is 0 Å². The third-order valence-electron chi connectivity index (χ3n) is 3.48. The minimum Gasteiger partial charge on any atom is -0.374 e. The molecule has 0 radical (unpaired) electrons. The number of aryl methyl sites for hydroxylation is 2. The standard InChI is InChI=1S/C15H22N2/c1-5-10-16(3)14-7-8-15-13(12(14)6-2)9-11-17(15)4/h7-9,11H,5-6,10H2,1-4H3. The minimum absolute atomic E-state index is 1.09. The van der Waals surface area contributed by atoms with Crippen molar-refractivity contribution in [2.75, 3.05) is 18.5 Å². The predicted octanol–water partition coefficient (Wildman–Crippen LogP) is 3.59. The lowest BCUT2D eigenvalue weighted by atomic mass is 10.0. The van der Waals surface area contributed by atoms with Crippen LogP contribution >= 0.6 is 0 Å². The van der Waals surface area contributed by atoms with E-state index in [1.165, 1.54) is 28.6 Å². The zero-order valence-electron chi connectivity index (χ0n) is 11.3. The third kappa shape index (κ3) is 2.04. The number of anilines is 1. The van der Waals surface area contributed by atoms with Crippen LogP contribution in [-0.4, -0.2) is 18.2 Å². The Hall–Kier alpha value is -1.44. The first-order valence-electron chi connectivity index (χ1n) is 6.47. The summed E-state index contributed by atoms with van der Waals surface area (Å²) in [6.07, 6.45) is 4.42. The third-order valence-corrected chi connectivity index (χ3v) is 3.48.